The van der Waals surface area contributed by atoms with Crippen molar-refractivity contribution in [1.82, 2.24) is 0 Å². The zero-order valence-electron chi connectivity index (χ0n) is 23.0. The van der Waals surface area contributed by atoms with Crippen LogP contribution in [0, 0.1) is 0 Å². The van der Waals surface area contributed by atoms with E-state index in [9.17, 15) is 20.4 Å². The molecule has 0 unspecified atom stereocenters. The van der Waals surface area contributed by atoms with Crippen LogP contribution in [0.1, 0.15) is 39.5 Å². The van der Waals surface area contributed by atoms with Crippen LogP contribution < -0.4 is 14.2 Å². The molecule has 4 aromatic carbocycles. The zero-order chi connectivity index (χ0) is 28.5. The fourth-order valence-corrected chi connectivity index (χ4v) is 6.13. The van der Waals surface area contributed by atoms with Gasteiger partial charge in [-0.2, -0.15) is 0 Å². The van der Waals surface area contributed by atoms with Crippen LogP contribution in [0.4, 0.5) is 0 Å². The Hall–Kier alpha value is -4.20. The van der Waals surface area contributed by atoms with Crippen LogP contribution in [-0.4, -0.2) is 46.9 Å². The molecule has 6 rings (SSSR count). The number of aromatic hydroxyl groups is 2. The minimum Gasteiger partial charge on any atom is -0.508 e. The minimum absolute atomic E-state index is 0.0938. The fourth-order valence-electron chi connectivity index (χ4n) is 6.13. The van der Waals surface area contributed by atoms with Crippen LogP contribution in [0.5, 0.6) is 28.7 Å². The molecule has 1 aliphatic carbocycles. The van der Waals surface area contributed by atoms with Gasteiger partial charge in [0, 0.05) is 23.6 Å². The minimum atomic E-state index is -0.826. The van der Waals surface area contributed by atoms with Gasteiger partial charge in [0.05, 0.1) is 19.8 Å². The van der Waals surface area contributed by atoms with Gasteiger partial charge >= 0.3 is 0 Å². The lowest BCUT2D eigenvalue weighted by atomic mass is 9.79. The van der Waals surface area contributed by atoms with E-state index in [1.807, 2.05) is 36.4 Å². The highest BCUT2D eigenvalue weighted by molar-refractivity contribution is 5.82. The standard InChI is InChI=1S/C34H34O7/c1-39-31-17-23(15-22(33(31)38)8-7-20-5-3-2-4-6-20)34-28(37)18-27-26-11-9-21-16-24(36)10-12-25(21)32(26)30(40-14-13-35)19-29(27)41-34/h2-6,10,12,15-17,19,28,34-38H,7-9,11,13-14,18H2,1H3/t28-,34-/m1/s1. The summed E-state index contributed by atoms with van der Waals surface area (Å²) in [6, 6.07) is 20.9. The third-order valence-electron chi connectivity index (χ3n) is 8.09. The van der Waals surface area contributed by atoms with Gasteiger partial charge in [-0.15, -0.1) is 0 Å². The molecule has 1 heterocycles. The summed E-state index contributed by atoms with van der Waals surface area (Å²) < 4.78 is 18.0. The number of benzene rings is 4. The van der Waals surface area contributed by atoms with Crippen molar-refractivity contribution in [3.8, 4) is 39.9 Å². The fraction of sp³-hybridized carbons (Fsp3) is 0.294. The Balaban J connectivity index is 1.37. The first-order valence-electron chi connectivity index (χ1n) is 14.0. The summed E-state index contributed by atoms with van der Waals surface area (Å²) in [5.74, 6) is 1.88. The first-order chi connectivity index (χ1) is 20.0. The Kier molecular flexibility index (Phi) is 7.47. The average Bonchev–Trinajstić information content (AvgIpc) is 2.99. The Morgan fingerprint density at radius 2 is 1.73 bits per heavy atom. The van der Waals surface area contributed by atoms with Crippen molar-refractivity contribution in [3.05, 3.63) is 100 Å². The summed E-state index contributed by atoms with van der Waals surface area (Å²) in [5, 5.41) is 41.8. The summed E-state index contributed by atoms with van der Waals surface area (Å²) in [4.78, 5) is 0. The highest BCUT2D eigenvalue weighted by Crippen LogP contribution is 2.49. The van der Waals surface area contributed by atoms with Gasteiger partial charge in [-0.3, -0.25) is 0 Å². The van der Waals surface area contributed by atoms with Crippen molar-refractivity contribution in [2.45, 2.75) is 44.3 Å². The number of rotatable bonds is 8. The van der Waals surface area contributed by atoms with E-state index in [1.54, 1.807) is 18.2 Å². The lowest BCUT2D eigenvalue weighted by Gasteiger charge is -2.35. The number of methoxy groups -OCH3 is 1. The molecule has 0 aromatic heterocycles. The molecule has 4 aromatic rings. The molecule has 7 nitrogen and oxygen atoms in total. The third kappa shape index (κ3) is 5.19. The Morgan fingerprint density at radius 3 is 2.51 bits per heavy atom. The number of ether oxygens (including phenoxy) is 3. The van der Waals surface area contributed by atoms with Gasteiger partial charge in [0.1, 0.15) is 30.0 Å². The Morgan fingerprint density at radius 1 is 0.902 bits per heavy atom. The number of aryl methyl sites for hydroxylation is 3. The van der Waals surface area contributed by atoms with Crippen LogP contribution in [0.3, 0.4) is 0 Å². The second kappa shape index (κ2) is 11.4. The van der Waals surface area contributed by atoms with E-state index in [1.165, 1.54) is 7.11 Å². The summed E-state index contributed by atoms with van der Waals surface area (Å²) >= 11 is 0. The number of aliphatic hydroxyl groups is 2. The van der Waals surface area contributed by atoms with Crippen LogP contribution in [0.2, 0.25) is 0 Å². The predicted octanol–water partition coefficient (Wildman–Crippen LogP) is 5.07. The topological polar surface area (TPSA) is 109 Å². The molecule has 212 valence electrons. The normalized spacial score (nSPS) is 17.1. The largest absolute Gasteiger partial charge is 0.508 e. The number of phenols is 2. The number of hydrogen-bond acceptors (Lipinski definition) is 7. The van der Waals surface area contributed by atoms with Crippen molar-refractivity contribution in [1.29, 1.82) is 0 Å². The van der Waals surface area contributed by atoms with E-state index in [2.05, 4.69) is 12.1 Å². The van der Waals surface area contributed by atoms with E-state index < -0.39 is 12.2 Å². The van der Waals surface area contributed by atoms with E-state index in [0.717, 1.165) is 57.3 Å². The SMILES string of the molecule is COc1cc([C@H]2Oc3cc(OCCO)c4c(c3C[C@H]2O)CCc2cc(O)ccc2-4)cc(CCc2ccccc2)c1O. The quantitative estimate of drug-likeness (QED) is 0.241. The second-order valence-corrected chi connectivity index (χ2v) is 10.6. The predicted molar refractivity (Wildman–Crippen MR) is 155 cm³/mol. The molecule has 0 saturated carbocycles. The van der Waals surface area contributed by atoms with Crippen molar-refractivity contribution in [2.24, 2.45) is 0 Å². The highest BCUT2D eigenvalue weighted by atomic mass is 16.5. The highest BCUT2D eigenvalue weighted by Gasteiger charge is 2.36. The van der Waals surface area contributed by atoms with Crippen LogP contribution in [-0.2, 0) is 32.1 Å². The molecule has 2 aliphatic rings. The second-order valence-electron chi connectivity index (χ2n) is 10.6. The molecule has 1 aliphatic heterocycles. The zero-order valence-corrected chi connectivity index (χ0v) is 23.0. The maximum absolute atomic E-state index is 11.4. The smallest absolute Gasteiger partial charge is 0.161 e. The van der Waals surface area contributed by atoms with Crippen LogP contribution in [0.15, 0.2) is 66.7 Å². The Bertz CT molecular complexity index is 1560. The third-order valence-corrected chi connectivity index (χ3v) is 8.09. The molecule has 0 radical (unpaired) electrons. The molecule has 41 heavy (non-hydrogen) atoms. The summed E-state index contributed by atoms with van der Waals surface area (Å²) in [7, 11) is 1.52. The first kappa shape index (κ1) is 27.0. The van der Waals surface area contributed by atoms with Crippen molar-refractivity contribution >= 4 is 0 Å². The average molecular weight is 555 g/mol. The molecule has 0 saturated heterocycles. The van der Waals surface area contributed by atoms with Gasteiger partial charge in [0.15, 0.2) is 11.5 Å². The number of hydrogen-bond donors (Lipinski definition) is 4. The molecule has 0 bridgehead atoms. The maximum atomic E-state index is 11.4. The van der Waals surface area contributed by atoms with Gasteiger partial charge in [-0.25, -0.2) is 0 Å². The lowest BCUT2D eigenvalue weighted by Crippen LogP contribution is -2.31. The van der Waals surface area contributed by atoms with Gasteiger partial charge in [0.2, 0.25) is 0 Å². The van der Waals surface area contributed by atoms with Gasteiger partial charge in [-0.05, 0) is 83.3 Å². The van der Waals surface area contributed by atoms with E-state index >= 15 is 0 Å². The summed E-state index contributed by atoms with van der Waals surface area (Å²) in [5.41, 5.74) is 7.52. The molecule has 4 N–H and O–H groups in total. The molecular weight excluding hydrogens is 520 g/mol. The molecule has 0 fully saturated rings. The molecule has 0 spiro atoms. The molecular formula is C34H34O7. The van der Waals surface area contributed by atoms with E-state index in [4.69, 9.17) is 14.2 Å². The van der Waals surface area contributed by atoms with Crippen LogP contribution in [0.25, 0.3) is 11.1 Å². The summed E-state index contributed by atoms with van der Waals surface area (Å²) in [6.45, 7) is 0.000182. The van der Waals surface area contributed by atoms with Gasteiger partial charge in [-0.1, -0.05) is 36.4 Å². The van der Waals surface area contributed by atoms with Crippen molar-refractivity contribution in [3.63, 3.8) is 0 Å². The van der Waals surface area contributed by atoms with Crippen LogP contribution >= 0.6 is 0 Å². The number of aliphatic hydroxyl groups excluding tert-OH is 2. The molecule has 7 heteroatoms. The van der Waals surface area contributed by atoms with E-state index in [-0.39, 0.29) is 24.7 Å². The number of fused-ring (bicyclic) bond motifs is 5. The van der Waals surface area contributed by atoms with Gasteiger partial charge in [0.25, 0.3) is 0 Å². The van der Waals surface area contributed by atoms with Crippen molar-refractivity contribution < 1.29 is 34.6 Å². The lowest BCUT2D eigenvalue weighted by molar-refractivity contribution is 0.0201. The summed E-state index contributed by atoms with van der Waals surface area (Å²) in [6.07, 6.45) is 1.68. The Labute approximate surface area is 239 Å². The van der Waals surface area contributed by atoms with Gasteiger partial charge < -0.3 is 34.6 Å². The maximum Gasteiger partial charge on any atom is 0.161 e. The monoisotopic (exact) mass is 554 g/mol. The number of phenolic OH excluding ortho intramolecular Hbond substituents is 2. The van der Waals surface area contributed by atoms with E-state index in [0.29, 0.717) is 36.5 Å². The molecule has 0 amide bonds. The first-order valence-corrected chi connectivity index (χ1v) is 14.0. The van der Waals surface area contributed by atoms with Crippen molar-refractivity contribution in [2.75, 3.05) is 20.3 Å². The molecule has 2 atom stereocenters.